The van der Waals surface area contributed by atoms with Crippen molar-refractivity contribution in [2.75, 3.05) is 13.2 Å². The van der Waals surface area contributed by atoms with Crippen LogP contribution in [0, 0.1) is 0 Å². The first-order valence-electron chi connectivity index (χ1n) is 11.0. The zero-order valence-electron chi connectivity index (χ0n) is 18.0. The fourth-order valence-electron chi connectivity index (χ4n) is 5.51. The van der Waals surface area contributed by atoms with E-state index in [0.717, 1.165) is 0 Å². The molecule has 2 bridgehead atoms. The number of aromatic nitrogens is 2. The highest BCUT2D eigenvalue weighted by Crippen LogP contribution is 2.67. The summed E-state index contributed by atoms with van der Waals surface area (Å²) in [6, 6.07) is 0. The van der Waals surface area contributed by atoms with Crippen LogP contribution in [0.5, 0.6) is 0 Å². The van der Waals surface area contributed by atoms with Crippen molar-refractivity contribution in [3.05, 3.63) is 11.8 Å². The van der Waals surface area contributed by atoms with Crippen LogP contribution in [0.2, 0.25) is 0 Å². The monoisotopic (exact) mass is 499 g/mol. The van der Waals surface area contributed by atoms with Crippen molar-refractivity contribution in [3.8, 4) is 0 Å². The Hall–Kier alpha value is -1.93. The molecule has 0 spiro atoms. The highest BCUT2D eigenvalue weighted by Gasteiger charge is 2.72. The van der Waals surface area contributed by atoms with Gasteiger partial charge in [0, 0.05) is 5.54 Å². The van der Waals surface area contributed by atoms with Crippen LogP contribution in [-0.4, -0.2) is 53.2 Å². The van der Waals surface area contributed by atoms with Crippen LogP contribution in [0.25, 0.3) is 0 Å². The molecule has 1 N–H and O–H groups in total. The van der Waals surface area contributed by atoms with Crippen molar-refractivity contribution in [2.24, 2.45) is 0 Å². The number of alkyl halides is 6. The average molecular weight is 499 g/mol. The second kappa shape index (κ2) is 7.53. The lowest BCUT2D eigenvalue weighted by Gasteiger charge is -2.68. The van der Waals surface area contributed by atoms with Gasteiger partial charge in [0.1, 0.15) is 6.61 Å². The summed E-state index contributed by atoms with van der Waals surface area (Å²) in [5.41, 5.74) is -3.76. The molecule has 1 aromatic heterocycles. The molecule has 5 aliphatic rings. The van der Waals surface area contributed by atoms with Crippen LogP contribution in [0.1, 0.15) is 69.6 Å². The molecule has 1 aromatic rings. The fraction of sp³-hybridized carbons (Fsp3) is 0.850. The highest BCUT2D eigenvalue weighted by molar-refractivity contribution is 5.79. The number of ether oxygens (including phenoxy) is 3. The maximum atomic E-state index is 12.8. The second-order valence-electron chi connectivity index (χ2n) is 10.0. The summed E-state index contributed by atoms with van der Waals surface area (Å²) in [7, 11) is 0. The molecule has 0 saturated heterocycles. The Balaban J connectivity index is 1.12. The van der Waals surface area contributed by atoms with Gasteiger partial charge < -0.3 is 14.5 Å². The van der Waals surface area contributed by atoms with Crippen molar-refractivity contribution in [3.63, 3.8) is 0 Å². The largest absolute Gasteiger partial charge is 0.523 e. The first-order chi connectivity index (χ1) is 15.8. The number of nitrogens with zero attached hydrogens (tertiary/aromatic N) is 2. The van der Waals surface area contributed by atoms with Crippen molar-refractivity contribution in [2.45, 2.75) is 92.7 Å². The van der Waals surface area contributed by atoms with E-state index in [1.54, 1.807) is 0 Å². The van der Waals surface area contributed by atoms with Gasteiger partial charge in [-0.05, 0) is 57.8 Å². The molecular weight excluding hydrogens is 476 g/mol. The number of nitrogens with one attached hydrogen (secondary N) is 1. The quantitative estimate of drug-likeness (QED) is 0.517. The van der Waals surface area contributed by atoms with Crippen LogP contribution in [-0.2, 0) is 30.0 Å². The number of carbonyl (C=O) groups is 1. The molecular formula is C20H23F6N3O5. The predicted octanol–water partition coefficient (Wildman–Crippen LogP) is 3.75. The Labute approximate surface area is 189 Å². The van der Waals surface area contributed by atoms with Gasteiger partial charge >= 0.3 is 12.7 Å². The minimum absolute atomic E-state index is 0.136. The van der Waals surface area contributed by atoms with E-state index in [-0.39, 0.29) is 24.6 Å². The van der Waals surface area contributed by atoms with Gasteiger partial charge in [-0.1, -0.05) is 0 Å². The summed E-state index contributed by atoms with van der Waals surface area (Å²) >= 11 is 0. The standard InChI is InChI=1S/C20H23F6N3O5/c21-19(22,23)32-11-17(3-1-4-17)31-7-12(30)27-16-8-15(9-16,10-16)13-28-29-14(33-13)18(5-2-6-18)34-20(24,25)26/h1-11H2,(H,27,30). The lowest BCUT2D eigenvalue weighted by Crippen LogP contribution is -2.77. The Kier molecular flexibility index (Phi) is 5.27. The van der Waals surface area contributed by atoms with Crippen LogP contribution in [0.4, 0.5) is 26.3 Å². The van der Waals surface area contributed by atoms with E-state index in [4.69, 9.17) is 9.15 Å². The molecule has 8 nitrogen and oxygen atoms in total. The molecule has 0 aromatic carbocycles. The molecule has 1 heterocycles. The van der Waals surface area contributed by atoms with Gasteiger partial charge in [0.25, 0.3) is 0 Å². The summed E-state index contributed by atoms with van der Waals surface area (Å²) < 4.78 is 94.6. The van der Waals surface area contributed by atoms with Crippen molar-refractivity contribution in [1.82, 2.24) is 15.5 Å². The van der Waals surface area contributed by atoms with E-state index >= 15 is 0 Å². The highest BCUT2D eigenvalue weighted by atomic mass is 19.4. The Morgan fingerprint density at radius 2 is 1.56 bits per heavy atom. The summed E-state index contributed by atoms with van der Waals surface area (Å²) in [6.07, 6.45) is -5.88. The topological polar surface area (TPSA) is 95.7 Å². The Bertz CT molecular complexity index is 933. The molecule has 0 radical (unpaired) electrons. The molecule has 5 aliphatic carbocycles. The summed E-state index contributed by atoms with van der Waals surface area (Å²) in [5.74, 6) is -0.413. The molecule has 14 heteroatoms. The third kappa shape index (κ3) is 4.28. The molecule has 0 atom stereocenters. The molecule has 190 valence electrons. The van der Waals surface area contributed by atoms with Crippen molar-refractivity contribution < 1.29 is 49.8 Å². The number of carbonyl (C=O) groups excluding carboxylic acids is 1. The molecule has 6 rings (SSSR count). The van der Waals surface area contributed by atoms with E-state index in [0.29, 0.717) is 44.9 Å². The molecule has 34 heavy (non-hydrogen) atoms. The maximum absolute atomic E-state index is 12.8. The summed E-state index contributed by atoms with van der Waals surface area (Å²) in [6.45, 7) is -1.05. The Morgan fingerprint density at radius 1 is 0.941 bits per heavy atom. The number of halogens is 6. The maximum Gasteiger partial charge on any atom is 0.523 e. The fourth-order valence-corrected chi connectivity index (χ4v) is 5.51. The van der Waals surface area contributed by atoms with E-state index in [9.17, 15) is 31.1 Å². The van der Waals surface area contributed by atoms with Crippen molar-refractivity contribution >= 4 is 5.91 Å². The smallest absolute Gasteiger partial charge is 0.421 e. The Morgan fingerprint density at radius 3 is 2.06 bits per heavy atom. The first-order valence-corrected chi connectivity index (χ1v) is 11.0. The van der Waals surface area contributed by atoms with E-state index in [1.165, 1.54) is 0 Å². The van der Waals surface area contributed by atoms with Gasteiger partial charge in [-0.2, -0.15) is 0 Å². The minimum Gasteiger partial charge on any atom is -0.421 e. The summed E-state index contributed by atoms with van der Waals surface area (Å²) in [4.78, 5) is 12.3. The van der Waals surface area contributed by atoms with Gasteiger partial charge in [0.15, 0.2) is 5.60 Å². The molecule has 5 fully saturated rings. The van der Waals surface area contributed by atoms with E-state index in [2.05, 4.69) is 25.0 Å². The lowest BCUT2D eigenvalue weighted by molar-refractivity contribution is -0.387. The number of hydrogen-bond donors (Lipinski definition) is 1. The molecule has 5 saturated carbocycles. The number of amides is 1. The van der Waals surface area contributed by atoms with Crippen LogP contribution >= 0.6 is 0 Å². The van der Waals surface area contributed by atoms with Gasteiger partial charge in [0.05, 0.1) is 17.6 Å². The van der Waals surface area contributed by atoms with E-state index < -0.39 is 54.0 Å². The number of rotatable bonds is 9. The minimum atomic E-state index is -4.82. The average Bonchev–Trinajstić information content (AvgIpc) is 3.07. The summed E-state index contributed by atoms with van der Waals surface area (Å²) in [5, 5.41) is 10.6. The predicted molar refractivity (Wildman–Crippen MR) is 97.9 cm³/mol. The molecule has 1 amide bonds. The third-order valence-corrected chi connectivity index (χ3v) is 7.45. The van der Waals surface area contributed by atoms with Gasteiger partial charge in [-0.15, -0.1) is 36.5 Å². The number of hydrogen-bond acceptors (Lipinski definition) is 7. The molecule has 0 aliphatic heterocycles. The normalized spacial score (nSPS) is 31.0. The zero-order valence-corrected chi connectivity index (χ0v) is 18.0. The molecule has 0 unspecified atom stereocenters. The van der Waals surface area contributed by atoms with E-state index in [1.807, 2.05) is 0 Å². The zero-order chi connectivity index (χ0) is 24.5. The van der Waals surface area contributed by atoms with Crippen LogP contribution in [0.15, 0.2) is 4.42 Å². The van der Waals surface area contributed by atoms with Gasteiger partial charge in [-0.3, -0.25) is 14.3 Å². The van der Waals surface area contributed by atoms with Crippen molar-refractivity contribution in [1.29, 1.82) is 0 Å². The lowest BCUT2D eigenvalue weighted by atomic mass is 9.39. The van der Waals surface area contributed by atoms with Gasteiger partial charge in [-0.25, -0.2) is 0 Å². The second-order valence-corrected chi connectivity index (χ2v) is 10.0. The third-order valence-electron chi connectivity index (χ3n) is 7.45. The van der Waals surface area contributed by atoms with Crippen LogP contribution in [0.3, 0.4) is 0 Å². The van der Waals surface area contributed by atoms with Gasteiger partial charge in [0.2, 0.25) is 17.7 Å². The first kappa shape index (κ1) is 23.8. The SMILES string of the molecule is O=C(COC1(COC(F)(F)F)CCC1)NC12CC(c3nnc(C4(OC(F)(F)F)CCC4)o3)(C1)C2. The van der Waals surface area contributed by atoms with Crippen LogP contribution < -0.4 is 5.32 Å².